The Morgan fingerprint density at radius 1 is 0.556 bits per heavy atom. The van der Waals surface area contributed by atoms with Crippen molar-refractivity contribution in [3.05, 3.63) is 96.1 Å². The third-order valence-corrected chi connectivity index (χ3v) is 3.48. The first-order valence-electron chi connectivity index (χ1n) is 10.8. The molecule has 0 aliphatic heterocycles. The lowest BCUT2D eigenvalue weighted by Gasteiger charge is -2.02. The molecule has 0 fully saturated rings. The Labute approximate surface area is 213 Å². The molecular formula is C28H36O8. The molecule has 0 heterocycles. The molecule has 0 aromatic heterocycles. The molecule has 0 spiro atoms. The summed E-state index contributed by atoms with van der Waals surface area (Å²) in [5.74, 6) is -2.10. The van der Waals surface area contributed by atoms with Crippen molar-refractivity contribution in [3.63, 3.8) is 0 Å². The number of carbonyl (C=O) groups excluding carboxylic acids is 4. The molecule has 0 aliphatic rings. The van der Waals surface area contributed by atoms with E-state index in [-0.39, 0.29) is 24.7 Å². The van der Waals surface area contributed by atoms with Crippen molar-refractivity contribution in [1.82, 2.24) is 0 Å². The lowest BCUT2D eigenvalue weighted by atomic mass is 10.2. The fourth-order valence-corrected chi connectivity index (χ4v) is 1.65. The highest BCUT2D eigenvalue weighted by Crippen LogP contribution is 1.94. The van der Waals surface area contributed by atoms with Crippen LogP contribution in [0.15, 0.2) is 85.0 Å². The van der Waals surface area contributed by atoms with Crippen LogP contribution in [-0.2, 0) is 38.1 Å². The maximum Gasteiger partial charge on any atom is 0.335 e. The molecule has 0 bridgehead atoms. The van der Waals surface area contributed by atoms with E-state index in [1.807, 2.05) is 36.4 Å². The van der Waals surface area contributed by atoms with E-state index in [0.29, 0.717) is 0 Å². The SMILES string of the molecule is C=C(C)C(=O)OCOC(C)=O.C=C(C)C(=O)OCOC(C)=O.Cc1ccccc1.Cc1ccccc1. The van der Waals surface area contributed by atoms with Crippen LogP contribution in [0.2, 0.25) is 0 Å². The van der Waals surface area contributed by atoms with E-state index < -0.39 is 23.9 Å². The fraction of sp³-hybridized carbons (Fsp3) is 0.286. The highest BCUT2D eigenvalue weighted by Gasteiger charge is 2.03. The van der Waals surface area contributed by atoms with E-state index in [0.717, 1.165) is 0 Å². The molecule has 36 heavy (non-hydrogen) atoms. The quantitative estimate of drug-likeness (QED) is 0.301. The number of esters is 4. The third kappa shape index (κ3) is 24.4. The standard InChI is InChI=1S/2C7H10O4.2C7H8/c2*1-5(2)7(9)11-4-10-6(3)8;2*1-7-5-3-2-4-6-7/h2*1,4H2,2-3H3;2*2-6H,1H3. The molecule has 8 heteroatoms. The number of carbonyl (C=O) groups is 4. The summed E-state index contributed by atoms with van der Waals surface area (Å²) in [5.41, 5.74) is 3.19. The van der Waals surface area contributed by atoms with Gasteiger partial charge < -0.3 is 18.9 Å². The van der Waals surface area contributed by atoms with E-state index in [1.54, 1.807) is 0 Å². The van der Waals surface area contributed by atoms with Crippen molar-refractivity contribution in [2.24, 2.45) is 0 Å². The van der Waals surface area contributed by atoms with Crippen molar-refractivity contribution in [3.8, 4) is 0 Å². The molecule has 0 unspecified atom stereocenters. The summed E-state index contributed by atoms with van der Waals surface area (Å²) in [7, 11) is 0. The minimum atomic E-state index is -0.564. The second-order valence-electron chi connectivity index (χ2n) is 7.24. The highest BCUT2D eigenvalue weighted by molar-refractivity contribution is 5.87. The van der Waals surface area contributed by atoms with Crippen molar-refractivity contribution in [1.29, 1.82) is 0 Å². The maximum absolute atomic E-state index is 10.6. The molecule has 0 saturated carbocycles. The second-order valence-corrected chi connectivity index (χ2v) is 7.24. The number of aryl methyl sites for hydroxylation is 2. The maximum atomic E-state index is 10.6. The average Bonchev–Trinajstić information content (AvgIpc) is 2.80. The van der Waals surface area contributed by atoms with Crippen LogP contribution < -0.4 is 0 Å². The van der Waals surface area contributed by atoms with Gasteiger partial charge >= 0.3 is 23.9 Å². The van der Waals surface area contributed by atoms with Gasteiger partial charge in [-0.15, -0.1) is 0 Å². The number of benzene rings is 2. The first-order valence-corrected chi connectivity index (χ1v) is 10.8. The largest absolute Gasteiger partial charge is 0.428 e. The van der Waals surface area contributed by atoms with Gasteiger partial charge in [0.25, 0.3) is 0 Å². The molecular weight excluding hydrogens is 464 g/mol. The van der Waals surface area contributed by atoms with Crippen molar-refractivity contribution >= 4 is 23.9 Å². The predicted molar refractivity (Wildman–Crippen MR) is 137 cm³/mol. The smallest absolute Gasteiger partial charge is 0.335 e. The fourth-order valence-electron chi connectivity index (χ4n) is 1.65. The Morgan fingerprint density at radius 3 is 1.00 bits per heavy atom. The summed E-state index contributed by atoms with van der Waals surface area (Å²) in [4.78, 5) is 41.5. The van der Waals surface area contributed by atoms with E-state index in [4.69, 9.17) is 0 Å². The Kier molecular flexibility index (Phi) is 20.1. The molecule has 0 atom stereocenters. The summed E-state index contributed by atoms with van der Waals surface area (Å²) >= 11 is 0. The van der Waals surface area contributed by atoms with Gasteiger partial charge in [0.2, 0.25) is 13.6 Å². The summed E-state index contributed by atoms with van der Waals surface area (Å²) < 4.78 is 17.5. The van der Waals surface area contributed by atoms with Gasteiger partial charge in [0, 0.05) is 25.0 Å². The Balaban J connectivity index is 0. The van der Waals surface area contributed by atoms with Crippen LogP contribution in [0.3, 0.4) is 0 Å². The molecule has 0 amide bonds. The van der Waals surface area contributed by atoms with E-state index in [9.17, 15) is 19.2 Å². The first-order chi connectivity index (χ1) is 16.9. The predicted octanol–water partition coefficient (Wildman–Crippen LogP) is 5.24. The van der Waals surface area contributed by atoms with Crippen LogP contribution in [0.1, 0.15) is 38.8 Å². The Morgan fingerprint density at radius 2 is 0.833 bits per heavy atom. The normalized spacial score (nSPS) is 8.61. The molecule has 0 saturated heterocycles. The third-order valence-electron chi connectivity index (χ3n) is 3.48. The van der Waals surface area contributed by atoms with Crippen LogP contribution in [0, 0.1) is 13.8 Å². The van der Waals surface area contributed by atoms with E-state index >= 15 is 0 Å². The minimum Gasteiger partial charge on any atom is -0.428 e. The summed E-state index contributed by atoms with van der Waals surface area (Å²) in [5, 5.41) is 0. The lowest BCUT2D eigenvalue weighted by molar-refractivity contribution is -0.164. The van der Waals surface area contributed by atoms with Crippen LogP contribution in [0.25, 0.3) is 0 Å². The van der Waals surface area contributed by atoms with Gasteiger partial charge in [-0.25, -0.2) is 9.59 Å². The van der Waals surface area contributed by atoms with E-state index in [1.165, 1.54) is 38.8 Å². The molecule has 0 aliphatic carbocycles. The van der Waals surface area contributed by atoms with Crippen molar-refractivity contribution in [2.75, 3.05) is 13.6 Å². The first kappa shape index (κ1) is 34.0. The monoisotopic (exact) mass is 500 g/mol. The van der Waals surface area contributed by atoms with Crippen LogP contribution >= 0.6 is 0 Å². The Bertz CT molecular complexity index is 871. The number of ether oxygens (including phenoxy) is 4. The molecule has 196 valence electrons. The van der Waals surface area contributed by atoms with Gasteiger partial charge in [0.05, 0.1) is 0 Å². The van der Waals surface area contributed by atoms with Gasteiger partial charge in [-0.1, -0.05) is 84.9 Å². The topological polar surface area (TPSA) is 105 Å². The molecule has 2 aromatic carbocycles. The molecule has 8 nitrogen and oxygen atoms in total. The molecule has 0 radical (unpaired) electrons. The zero-order chi connectivity index (χ0) is 27.9. The molecule has 2 rings (SSSR count). The lowest BCUT2D eigenvalue weighted by Crippen LogP contribution is -2.10. The summed E-state index contributed by atoms with van der Waals surface area (Å²) in [6.07, 6.45) is 0. The summed E-state index contributed by atoms with van der Waals surface area (Å²) in [6, 6.07) is 20.5. The number of hydrogen-bond donors (Lipinski definition) is 0. The molecule has 0 N–H and O–H groups in total. The zero-order valence-corrected chi connectivity index (χ0v) is 21.9. The van der Waals surface area contributed by atoms with Crippen LogP contribution in [-0.4, -0.2) is 37.5 Å². The Hall–Kier alpha value is -4.20. The van der Waals surface area contributed by atoms with Crippen LogP contribution in [0.5, 0.6) is 0 Å². The van der Waals surface area contributed by atoms with E-state index in [2.05, 4.69) is 70.2 Å². The van der Waals surface area contributed by atoms with Gasteiger partial charge in [0.15, 0.2) is 0 Å². The van der Waals surface area contributed by atoms with Crippen molar-refractivity contribution in [2.45, 2.75) is 41.5 Å². The van der Waals surface area contributed by atoms with Crippen molar-refractivity contribution < 1.29 is 38.1 Å². The highest BCUT2D eigenvalue weighted by atomic mass is 16.7. The van der Waals surface area contributed by atoms with Gasteiger partial charge in [-0.3, -0.25) is 9.59 Å². The van der Waals surface area contributed by atoms with Gasteiger partial charge in [0.1, 0.15) is 0 Å². The second kappa shape index (κ2) is 21.3. The van der Waals surface area contributed by atoms with Gasteiger partial charge in [-0.05, 0) is 27.7 Å². The summed E-state index contributed by atoms with van der Waals surface area (Å²) in [6.45, 7) is 15.6. The molecule has 2 aromatic rings. The number of rotatable bonds is 6. The van der Waals surface area contributed by atoms with Gasteiger partial charge in [-0.2, -0.15) is 0 Å². The average molecular weight is 501 g/mol. The number of hydrogen-bond acceptors (Lipinski definition) is 8. The van der Waals surface area contributed by atoms with Crippen LogP contribution in [0.4, 0.5) is 0 Å². The zero-order valence-electron chi connectivity index (χ0n) is 21.9. The minimum absolute atomic E-state index is 0.275.